The lowest BCUT2D eigenvalue weighted by atomic mass is 9.98. The number of amides is 6. The highest BCUT2D eigenvalue weighted by Crippen LogP contribution is 2.12. The Bertz CT molecular complexity index is 1350. The fourth-order valence-electron chi connectivity index (χ4n) is 5.38. The number of nitrogens with two attached hydrogens (primary N) is 4. The molecule has 0 radical (unpaired) electrons. The molecule has 0 unspecified atom stereocenters. The summed E-state index contributed by atoms with van der Waals surface area (Å²) in [7, 11) is 0. The van der Waals surface area contributed by atoms with E-state index in [0.29, 0.717) is 6.42 Å². The summed E-state index contributed by atoms with van der Waals surface area (Å²) in [5, 5.41) is 25.3. The van der Waals surface area contributed by atoms with E-state index >= 15 is 0 Å². The molecule has 0 aliphatic carbocycles. The van der Waals surface area contributed by atoms with Crippen LogP contribution < -0.4 is 54.8 Å². The molecule has 0 saturated carbocycles. The third-order valence-corrected chi connectivity index (χ3v) is 7.97. The van der Waals surface area contributed by atoms with Crippen molar-refractivity contribution in [2.45, 2.75) is 137 Å². The number of aliphatic carboxylic acids is 1. The van der Waals surface area contributed by atoms with Gasteiger partial charge in [0.05, 0.1) is 0 Å². The third-order valence-electron chi connectivity index (χ3n) is 7.97. The fraction of sp³-hybridized carbons (Fsp3) is 0.743. The van der Waals surface area contributed by atoms with Crippen LogP contribution in [-0.2, 0) is 33.6 Å². The van der Waals surface area contributed by atoms with Crippen molar-refractivity contribution in [2.75, 3.05) is 13.1 Å². The van der Waals surface area contributed by atoms with Crippen LogP contribution >= 0.6 is 0 Å². The van der Waals surface area contributed by atoms with E-state index < -0.39 is 77.7 Å². The lowest BCUT2D eigenvalue weighted by Gasteiger charge is -2.28. The predicted molar refractivity (Wildman–Crippen MR) is 209 cm³/mol. The van der Waals surface area contributed by atoms with Crippen molar-refractivity contribution in [1.82, 2.24) is 31.9 Å². The van der Waals surface area contributed by atoms with Crippen molar-refractivity contribution < 1.29 is 38.7 Å². The van der Waals surface area contributed by atoms with Crippen LogP contribution in [0.2, 0.25) is 0 Å². The standard InChI is InChI=1S/C35H66N12O8/c1-18(2)15-25(30(51)42-21(7)28(49)44-24(33(54)55)12-10-14-41-35(38)39)46-32(53)27(17-20(5)6)47-31(52)26(16-19(3)4)45-29(50)23(43-22(8)48)11-9-13-40-34(36)37/h18-21,23-27H,9-17H2,1-8H3,(H,42,51)(H,43,48)(H,44,49)(H,45,50)(H,46,53)(H,47,52)(H,54,55)(H4,36,37,40)(H4,38,39,41)/t21-,23-,24-,25-,26-,27-/m0/s1. The summed E-state index contributed by atoms with van der Waals surface area (Å²) in [6.45, 7) is 14.1. The summed E-state index contributed by atoms with van der Waals surface area (Å²) < 4.78 is 0. The van der Waals surface area contributed by atoms with Crippen LogP contribution in [-0.4, -0.2) is 108 Å². The zero-order chi connectivity index (χ0) is 42.4. The van der Waals surface area contributed by atoms with Crippen molar-refractivity contribution in [3.05, 3.63) is 0 Å². The zero-order valence-corrected chi connectivity index (χ0v) is 33.6. The van der Waals surface area contributed by atoms with Gasteiger partial charge in [0.2, 0.25) is 35.4 Å². The molecule has 0 aromatic rings. The van der Waals surface area contributed by atoms with Gasteiger partial charge in [-0.2, -0.15) is 0 Å². The number of aliphatic imine (C=N–C) groups is 2. The van der Waals surface area contributed by atoms with Crippen molar-refractivity contribution >= 4 is 53.3 Å². The average molecular weight is 783 g/mol. The SMILES string of the molecule is CC(=O)N[C@@H](CCCN=C(N)N)C(=O)N[C@@H](CC(C)C)C(=O)N[C@@H](CC(C)C)C(=O)N[C@@H](CC(C)C)C(=O)N[C@@H](C)C(=O)N[C@@H](CCCN=C(N)N)C(=O)O. The van der Waals surface area contributed by atoms with Crippen molar-refractivity contribution in [2.24, 2.45) is 50.7 Å². The first-order valence-electron chi connectivity index (χ1n) is 18.7. The molecule has 0 bridgehead atoms. The summed E-state index contributed by atoms with van der Waals surface area (Å²) in [5.41, 5.74) is 21.3. The molecule has 6 atom stereocenters. The molecule has 0 aliphatic heterocycles. The number of nitrogens with one attached hydrogen (secondary N) is 6. The second-order valence-electron chi connectivity index (χ2n) is 14.9. The quantitative estimate of drug-likeness (QED) is 0.0265. The largest absolute Gasteiger partial charge is 0.480 e. The Hall–Kier alpha value is -5.17. The Balaban J connectivity index is 5.97. The molecule has 6 amide bonds. The van der Waals surface area contributed by atoms with Crippen molar-refractivity contribution in [3.63, 3.8) is 0 Å². The number of carbonyl (C=O) groups is 7. The predicted octanol–water partition coefficient (Wildman–Crippen LogP) is -1.73. The minimum atomic E-state index is -1.28. The number of rotatable bonds is 26. The zero-order valence-electron chi connectivity index (χ0n) is 33.6. The maximum absolute atomic E-state index is 13.8. The summed E-state index contributed by atoms with van der Waals surface area (Å²) in [6.07, 6.45) is 1.45. The first-order chi connectivity index (χ1) is 25.5. The van der Waals surface area contributed by atoms with Gasteiger partial charge < -0.3 is 59.9 Å². The highest BCUT2D eigenvalue weighted by molar-refractivity contribution is 5.96. The van der Waals surface area contributed by atoms with Gasteiger partial charge in [-0.15, -0.1) is 0 Å². The Kier molecular flexibility index (Phi) is 23.4. The van der Waals surface area contributed by atoms with Crippen LogP contribution in [0.5, 0.6) is 0 Å². The smallest absolute Gasteiger partial charge is 0.326 e. The maximum atomic E-state index is 13.8. The molecular weight excluding hydrogens is 716 g/mol. The van der Waals surface area contributed by atoms with E-state index in [2.05, 4.69) is 41.9 Å². The number of carboxylic acid groups (broad SMARTS) is 1. The monoisotopic (exact) mass is 783 g/mol. The third kappa shape index (κ3) is 22.6. The maximum Gasteiger partial charge on any atom is 0.326 e. The fourth-order valence-corrected chi connectivity index (χ4v) is 5.38. The number of guanidine groups is 2. The molecule has 0 spiro atoms. The van der Waals surface area contributed by atoms with Gasteiger partial charge in [-0.05, 0) is 69.6 Å². The summed E-state index contributed by atoms with van der Waals surface area (Å²) in [5.74, 6) is -5.52. The number of hydrogen-bond acceptors (Lipinski definition) is 9. The molecule has 55 heavy (non-hydrogen) atoms. The number of carbonyl (C=O) groups excluding carboxylic acids is 6. The Morgan fingerprint density at radius 2 is 0.818 bits per heavy atom. The first-order valence-corrected chi connectivity index (χ1v) is 18.7. The highest BCUT2D eigenvalue weighted by atomic mass is 16.4. The molecule has 314 valence electrons. The van der Waals surface area contributed by atoms with E-state index in [0.717, 1.165) is 0 Å². The molecule has 0 aliphatic rings. The normalized spacial score (nSPS) is 14.3. The van der Waals surface area contributed by atoms with Gasteiger partial charge in [0.15, 0.2) is 11.9 Å². The molecule has 0 saturated heterocycles. The van der Waals surface area contributed by atoms with Crippen LogP contribution in [0, 0.1) is 17.8 Å². The van der Waals surface area contributed by atoms with E-state index in [4.69, 9.17) is 22.9 Å². The average Bonchev–Trinajstić information content (AvgIpc) is 3.04. The lowest BCUT2D eigenvalue weighted by Crippen LogP contribution is -2.59. The van der Waals surface area contributed by atoms with Crippen LogP contribution in [0.3, 0.4) is 0 Å². The van der Waals surface area contributed by atoms with Gasteiger partial charge in [-0.25, -0.2) is 4.79 Å². The van der Waals surface area contributed by atoms with Gasteiger partial charge in [0.1, 0.15) is 36.3 Å². The summed E-state index contributed by atoms with van der Waals surface area (Å²) in [4.78, 5) is 98.5. The van der Waals surface area contributed by atoms with Crippen molar-refractivity contribution in [3.8, 4) is 0 Å². The number of hydrogen-bond donors (Lipinski definition) is 11. The number of nitrogens with zero attached hydrogens (tertiary/aromatic N) is 2. The molecular formula is C35H66N12O8. The Morgan fingerprint density at radius 3 is 1.15 bits per heavy atom. The van der Waals surface area contributed by atoms with Gasteiger partial charge in [0, 0.05) is 20.0 Å². The second kappa shape index (κ2) is 25.8. The van der Waals surface area contributed by atoms with E-state index in [1.165, 1.54) is 13.8 Å². The molecule has 0 fully saturated rings. The van der Waals surface area contributed by atoms with Gasteiger partial charge in [-0.3, -0.25) is 38.8 Å². The lowest BCUT2D eigenvalue weighted by molar-refractivity contribution is -0.142. The molecule has 20 nitrogen and oxygen atoms in total. The minimum Gasteiger partial charge on any atom is -0.480 e. The minimum absolute atomic E-state index is 0.0335. The molecule has 15 N–H and O–H groups in total. The summed E-state index contributed by atoms with van der Waals surface area (Å²) in [6, 6.07) is -6.70. The first kappa shape index (κ1) is 49.8. The van der Waals surface area contributed by atoms with Gasteiger partial charge in [0.25, 0.3) is 0 Å². The van der Waals surface area contributed by atoms with Crippen LogP contribution in [0.15, 0.2) is 9.98 Å². The van der Waals surface area contributed by atoms with Crippen LogP contribution in [0.4, 0.5) is 0 Å². The van der Waals surface area contributed by atoms with E-state index in [-0.39, 0.29) is 81.3 Å². The second-order valence-corrected chi connectivity index (χ2v) is 14.9. The molecule has 0 aromatic carbocycles. The van der Waals surface area contributed by atoms with Crippen molar-refractivity contribution in [1.29, 1.82) is 0 Å². The molecule has 0 aromatic heterocycles. The summed E-state index contributed by atoms with van der Waals surface area (Å²) >= 11 is 0. The van der Waals surface area contributed by atoms with E-state index in [9.17, 15) is 38.7 Å². The van der Waals surface area contributed by atoms with Gasteiger partial charge >= 0.3 is 5.97 Å². The molecule has 0 rings (SSSR count). The topological polar surface area (TPSA) is 341 Å². The van der Waals surface area contributed by atoms with E-state index in [1.807, 2.05) is 41.5 Å². The Morgan fingerprint density at radius 1 is 0.491 bits per heavy atom. The number of carboxylic acids is 1. The Labute approximate surface area is 324 Å². The molecule has 20 heteroatoms. The van der Waals surface area contributed by atoms with E-state index in [1.54, 1.807) is 0 Å². The highest BCUT2D eigenvalue weighted by Gasteiger charge is 2.33. The van der Waals surface area contributed by atoms with Crippen LogP contribution in [0.25, 0.3) is 0 Å². The van der Waals surface area contributed by atoms with Crippen LogP contribution in [0.1, 0.15) is 100 Å². The molecule has 0 heterocycles. The van der Waals surface area contributed by atoms with Gasteiger partial charge in [-0.1, -0.05) is 41.5 Å².